The summed E-state index contributed by atoms with van der Waals surface area (Å²) in [7, 11) is 0. The molecule has 30 heavy (non-hydrogen) atoms. The van der Waals surface area contributed by atoms with E-state index < -0.39 is 0 Å². The van der Waals surface area contributed by atoms with Crippen LogP contribution in [0.15, 0.2) is 24.3 Å². The molecule has 0 spiro atoms. The highest BCUT2D eigenvalue weighted by Gasteiger charge is 2.24. The van der Waals surface area contributed by atoms with Crippen molar-refractivity contribution in [3.05, 3.63) is 29.8 Å². The lowest BCUT2D eigenvalue weighted by atomic mass is 10.2. The summed E-state index contributed by atoms with van der Waals surface area (Å²) >= 11 is 4.00. The first-order valence-corrected chi connectivity index (χ1v) is 12.9. The zero-order chi connectivity index (χ0) is 21.3. The van der Waals surface area contributed by atoms with E-state index in [1.807, 2.05) is 59.3 Å². The number of thioether (sulfide) groups is 2. The molecule has 1 aromatic rings. The third-order valence-corrected chi connectivity index (χ3v) is 8.56. The lowest BCUT2D eigenvalue weighted by molar-refractivity contribution is -0.136. The first-order chi connectivity index (χ1) is 14.6. The topological polar surface area (TPSA) is 53.1 Å². The summed E-state index contributed by atoms with van der Waals surface area (Å²) in [6.45, 7) is 8.71. The van der Waals surface area contributed by atoms with Gasteiger partial charge in [0.1, 0.15) is 5.75 Å². The van der Waals surface area contributed by atoms with E-state index in [-0.39, 0.29) is 18.4 Å². The van der Waals surface area contributed by atoms with Crippen LogP contribution in [-0.4, -0.2) is 90.4 Å². The molecule has 0 atom stereocenters. The Bertz CT molecular complexity index is 683. The number of nitrogens with zero attached hydrogens (tertiary/aromatic N) is 3. The number of benzene rings is 1. The van der Waals surface area contributed by atoms with Crippen LogP contribution in [-0.2, 0) is 9.59 Å². The second-order valence-electron chi connectivity index (χ2n) is 7.51. The van der Waals surface area contributed by atoms with Crippen molar-refractivity contribution in [2.75, 3.05) is 63.9 Å². The van der Waals surface area contributed by atoms with Crippen LogP contribution in [0.3, 0.4) is 0 Å². The van der Waals surface area contributed by atoms with Gasteiger partial charge in [0.2, 0.25) is 5.91 Å². The molecule has 0 saturated carbocycles. The Kier molecular flexibility index (Phi) is 9.21. The van der Waals surface area contributed by atoms with Gasteiger partial charge in [-0.25, -0.2) is 0 Å². The Morgan fingerprint density at radius 2 is 1.67 bits per heavy atom. The Morgan fingerprint density at radius 1 is 1.03 bits per heavy atom. The molecule has 0 unspecified atom stereocenters. The third-order valence-electron chi connectivity index (χ3n) is 5.54. The highest BCUT2D eigenvalue weighted by molar-refractivity contribution is 8.16. The molecule has 0 radical (unpaired) electrons. The van der Waals surface area contributed by atoms with Gasteiger partial charge >= 0.3 is 0 Å². The molecule has 2 aliphatic heterocycles. The number of amides is 2. The van der Waals surface area contributed by atoms with E-state index in [0.717, 1.165) is 31.9 Å². The van der Waals surface area contributed by atoms with Gasteiger partial charge in [-0.3, -0.25) is 14.5 Å². The van der Waals surface area contributed by atoms with E-state index in [0.29, 0.717) is 24.2 Å². The molecule has 0 N–H and O–H groups in total. The number of piperazine rings is 1. The standard InChI is InChI=1S/C22H33N3O3S2/c1-3-24(4-2)20(26)16-23-10-12-25(13-11-23)21(27)17-28-19-8-6-18(7-9-19)22-29-14-5-15-30-22/h6-9,22H,3-5,10-17H2,1-2H3. The first-order valence-electron chi connectivity index (χ1n) is 10.8. The Hall–Kier alpha value is -1.38. The molecule has 3 rings (SSSR count). The van der Waals surface area contributed by atoms with E-state index in [9.17, 15) is 9.59 Å². The minimum Gasteiger partial charge on any atom is -0.484 e. The van der Waals surface area contributed by atoms with Crippen molar-refractivity contribution in [2.24, 2.45) is 0 Å². The first kappa shape index (κ1) is 23.3. The molecular formula is C22H33N3O3S2. The monoisotopic (exact) mass is 451 g/mol. The maximum absolute atomic E-state index is 12.5. The molecule has 166 valence electrons. The fourth-order valence-corrected chi connectivity index (χ4v) is 6.56. The fraction of sp³-hybridized carbons (Fsp3) is 0.636. The Balaban J connectivity index is 1.39. The van der Waals surface area contributed by atoms with Crippen LogP contribution in [0.25, 0.3) is 0 Å². The van der Waals surface area contributed by atoms with Crippen LogP contribution >= 0.6 is 23.5 Å². The van der Waals surface area contributed by atoms with Crippen LogP contribution in [0.5, 0.6) is 5.75 Å². The molecule has 8 heteroatoms. The molecule has 0 aliphatic carbocycles. The van der Waals surface area contributed by atoms with Crippen LogP contribution in [0.2, 0.25) is 0 Å². The largest absolute Gasteiger partial charge is 0.484 e. The summed E-state index contributed by atoms with van der Waals surface area (Å²) in [5.74, 6) is 3.35. The minimum atomic E-state index is 0.00666. The number of likely N-dealkylation sites (N-methyl/N-ethyl adjacent to an activating group) is 1. The maximum Gasteiger partial charge on any atom is 0.260 e. The maximum atomic E-state index is 12.5. The third kappa shape index (κ3) is 6.56. The van der Waals surface area contributed by atoms with E-state index in [1.54, 1.807) is 0 Å². The fourth-order valence-electron chi connectivity index (χ4n) is 3.66. The summed E-state index contributed by atoms with van der Waals surface area (Å²) in [6, 6.07) is 8.16. The van der Waals surface area contributed by atoms with E-state index in [2.05, 4.69) is 17.0 Å². The number of hydrogen-bond donors (Lipinski definition) is 0. The lowest BCUT2D eigenvalue weighted by Crippen LogP contribution is -2.52. The molecule has 6 nitrogen and oxygen atoms in total. The van der Waals surface area contributed by atoms with Crippen molar-refractivity contribution in [1.82, 2.24) is 14.7 Å². The second-order valence-corrected chi connectivity index (χ2v) is 10.2. The summed E-state index contributed by atoms with van der Waals surface area (Å²) in [5, 5.41) is 0. The van der Waals surface area contributed by atoms with Crippen LogP contribution < -0.4 is 4.74 Å². The molecule has 0 bridgehead atoms. The summed E-state index contributed by atoms with van der Waals surface area (Å²) < 4.78 is 6.25. The van der Waals surface area contributed by atoms with Crippen molar-refractivity contribution in [1.29, 1.82) is 0 Å². The number of rotatable bonds is 8. The van der Waals surface area contributed by atoms with Gasteiger partial charge in [0.15, 0.2) is 6.61 Å². The van der Waals surface area contributed by atoms with Crippen molar-refractivity contribution in [3.8, 4) is 5.75 Å². The van der Waals surface area contributed by atoms with Gasteiger partial charge in [-0.1, -0.05) is 12.1 Å². The zero-order valence-electron chi connectivity index (χ0n) is 18.0. The number of ether oxygens (including phenoxy) is 1. The molecular weight excluding hydrogens is 418 g/mol. The smallest absolute Gasteiger partial charge is 0.260 e. The quantitative estimate of drug-likeness (QED) is 0.606. The molecule has 0 aromatic heterocycles. The van der Waals surface area contributed by atoms with Gasteiger partial charge in [-0.15, -0.1) is 23.5 Å². The molecule has 2 amide bonds. The molecule has 2 heterocycles. The molecule has 1 aromatic carbocycles. The van der Waals surface area contributed by atoms with Gasteiger partial charge < -0.3 is 14.5 Å². The van der Waals surface area contributed by atoms with Crippen molar-refractivity contribution in [3.63, 3.8) is 0 Å². The second kappa shape index (κ2) is 11.9. The van der Waals surface area contributed by atoms with Crippen LogP contribution in [0.4, 0.5) is 0 Å². The van der Waals surface area contributed by atoms with Crippen LogP contribution in [0.1, 0.15) is 30.4 Å². The van der Waals surface area contributed by atoms with Crippen molar-refractivity contribution < 1.29 is 14.3 Å². The number of carbonyl (C=O) groups excluding carboxylic acids is 2. The van der Waals surface area contributed by atoms with E-state index in [1.165, 1.54) is 23.5 Å². The summed E-state index contributed by atoms with van der Waals surface area (Å²) in [4.78, 5) is 30.6. The predicted molar refractivity (Wildman–Crippen MR) is 125 cm³/mol. The average molecular weight is 452 g/mol. The van der Waals surface area contributed by atoms with Gasteiger partial charge in [-0.05, 0) is 49.5 Å². The SMILES string of the molecule is CCN(CC)C(=O)CN1CCN(C(=O)COc2ccc(C3SCCCS3)cc2)CC1. The number of hydrogen-bond acceptors (Lipinski definition) is 6. The average Bonchev–Trinajstić information content (AvgIpc) is 2.80. The van der Waals surface area contributed by atoms with E-state index >= 15 is 0 Å². The van der Waals surface area contributed by atoms with Gasteiger partial charge in [0, 0.05) is 39.3 Å². The predicted octanol–water partition coefficient (Wildman–Crippen LogP) is 2.95. The number of carbonyl (C=O) groups is 2. The van der Waals surface area contributed by atoms with Gasteiger partial charge in [-0.2, -0.15) is 0 Å². The lowest BCUT2D eigenvalue weighted by Gasteiger charge is -2.35. The van der Waals surface area contributed by atoms with Crippen LogP contribution in [0, 0.1) is 0 Å². The highest BCUT2D eigenvalue weighted by atomic mass is 32.2. The van der Waals surface area contributed by atoms with Crippen molar-refractivity contribution >= 4 is 35.3 Å². The van der Waals surface area contributed by atoms with Gasteiger partial charge in [0.25, 0.3) is 5.91 Å². The minimum absolute atomic E-state index is 0.00666. The zero-order valence-corrected chi connectivity index (χ0v) is 19.7. The summed E-state index contributed by atoms with van der Waals surface area (Å²) in [6.07, 6.45) is 1.29. The van der Waals surface area contributed by atoms with Crippen molar-refractivity contribution in [2.45, 2.75) is 24.9 Å². The molecule has 2 fully saturated rings. The molecule has 2 aliphatic rings. The summed E-state index contributed by atoms with van der Waals surface area (Å²) in [5.41, 5.74) is 1.32. The normalized spacial score (nSPS) is 18.3. The highest BCUT2D eigenvalue weighted by Crippen LogP contribution is 2.43. The Labute approximate surface area is 188 Å². The van der Waals surface area contributed by atoms with E-state index in [4.69, 9.17) is 4.74 Å². The van der Waals surface area contributed by atoms with Gasteiger partial charge in [0.05, 0.1) is 11.1 Å². The molecule has 2 saturated heterocycles. The Morgan fingerprint density at radius 3 is 2.27 bits per heavy atom.